The molecule has 6 nitrogen and oxygen atoms in total. The number of carboxylic acids is 1. The quantitative estimate of drug-likeness (QED) is 0.735. The zero-order chi connectivity index (χ0) is 13.5. The summed E-state index contributed by atoms with van der Waals surface area (Å²) in [7, 11) is -2.99. The molecular weight excluding hydrogens is 264 g/mol. The molecule has 1 unspecified atom stereocenters. The van der Waals surface area contributed by atoms with Crippen LogP contribution in [0.1, 0.15) is 5.56 Å². The van der Waals surface area contributed by atoms with Gasteiger partial charge in [-0.15, -0.1) is 0 Å². The number of hydrogen-bond acceptors (Lipinski definition) is 4. The molecule has 0 aliphatic heterocycles. The molecule has 0 aliphatic carbocycles. The van der Waals surface area contributed by atoms with E-state index in [4.69, 9.17) is 5.11 Å². The Labute approximate surface area is 103 Å². The first kappa shape index (κ1) is 14.3. The summed E-state index contributed by atoms with van der Waals surface area (Å²) < 4.78 is 37.3. The maximum atomic E-state index is 11.9. The van der Waals surface area contributed by atoms with Crippen LogP contribution >= 0.6 is 7.83 Å². The van der Waals surface area contributed by atoms with E-state index in [2.05, 4.69) is 4.74 Å². The maximum Gasteiger partial charge on any atom is 0.396 e. The molecule has 0 saturated heterocycles. The number of aliphatic carboxylic acids is 1. The van der Waals surface area contributed by atoms with E-state index in [9.17, 15) is 18.3 Å². The van der Waals surface area contributed by atoms with E-state index in [1.165, 1.54) is 12.1 Å². The fourth-order valence-electron chi connectivity index (χ4n) is 1.34. The molecule has 0 heterocycles. The average molecular weight is 275 g/mol. The Morgan fingerprint density at radius 3 is 2.44 bits per heavy atom. The highest BCUT2D eigenvalue weighted by atomic mass is 31.1. The second kappa shape index (κ2) is 6.88. The van der Waals surface area contributed by atoms with Crippen LogP contribution in [0.2, 0.25) is 0 Å². The van der Waals surface area contributed by atoms with Gasteiger partial charge in [0.15, 0.2) is 0 Å². The van der Waals surface area contributed by atoms with Crippen molar-refractivity contribution in [3.8, 4) is 5.75 Å². The van der Waals surface area contributed by atoms with Crippen LogP contribution < -0.4 is 9.82 Å². The van der Waals surface area contributed by atoms with Crippen LogP contribution in [-0.2, 0) is 20.3 Å². The Balaban J connectivity index is 2.71. The van der Waals surface area contributed by atoms with E-state index in [-0.39, 0.29) is 6.42 Å². The van der Waals surface area contributed by atoms with E-state index >= 15 is 0 Å². The smallest absolute Gasteiger partial charge is 0.396 e. The molecule has 0 amide bonds. The van der Waals surface area contributed by atoms with Gasteiger partial charge in [0.2, 0.25) is 6.86 Å². The van der Waals surface area contributed by atoms with E-state index in [0.717, 1.165) is 0 Å². The summed E-state index contributed by atoms with van der Waals surface area (Å²) in [6.07, 6.45) is -0.00541. The van der Waals surface area contributed by atoms with Crippen molar-refractivity contribution < 1.29 is 28.2 Å². The Bertz CT molecular complexity index is 466. The molecule has 18 heavy (non-hydrogen) atoms. The largest absolute Gasteiger partial charge is 0.480 e. The number of ether oxygens (including phenoxy) is 1. The normalized spacial score (nSPS) is 11.8. The zero-order valence-corrected chi connectivity index (χ0v) is 10.1. The van der Waals surface area contributed by atoms with Crippen LogP contribution in [0.5, 0.6) is 5.75 Å². The SMILES string of the molecule is O=C(O)C(Cc1ccc(OCF)cc1)NP(=O)=O. The summed E-state index contributed by atoms with van der Waals surface area (Å²) in [5.41, 5.74) is 0.595. The van der Waals surface area contributed by atoms with Crippen molar-refractivity contribution in [3.05, 3.63) is 29.8 Å². The maximum absolute atomic E-state index is 11.9. The number of rotatable bonds is 7. The monoisotopic (exact) mass is 275 g/mol. The van der Waals surface area contributed by atoms with Gasteiger partial charge in [0, 0.05) is 0 Å². The molecule has 1 aromatic carbocycles. The molecular formula is C10H11FNO5P. The molecule has 1 rings (SSSR count). The van der Waals surface area contributed by atoms with E-state index in [1.807, 2.05) is 5.09 Å². The Hall–Kier alpha value is -1.72. The van der Waals surface area contributed by atoms with Crippen LogP contribution in [0.25, 0.3) is 0 Å². The minimum atomic E-state index is -2.99. The molecule has 8 heteroatoms. The van der Waals surface area contributed by atoms with Gasteiger partial charge >= 0.3 is 13.8 Å². The number of halogens is 1. The summed E-state index contributed by atoms with van der Waals surface area (Å²) in [6, 6.07) is 4.82. The highest BCUT2D eigenvalue weighted by molar-refractivity contribution is 7.28. The Kier molecular flexibility index (Phi) is 5.48. The van der Waals surface area contributed by atoms with E-state index in [0.29, 0.717) is 11.3 Å². The third kappa shape index (κ3) is 4.65. The summed E-state index contributed by atoms with van der Waals surface area (Å²) >= 11 is 0. The Morgan fingerprint density at radius 2 is 2.00 bits per heavy atom. The third-order valence-corrected chi connectivity index (χ3v) is 2.67. The first-order valence-electron chi connectivity index (χ1n) is 4.94. The topological polar surface area (TPSA) is 92.7 Å². The second-order valence-corrected chi connectivity index (χ2v) is 4.15. The second-order valence-electron chi connectivity index (χ2n) is 3.38. The van der Waals surface area contributed by atoms with Crippen LogP contribution in [0.3, 0.4) is 0 Å². The molecule has 1 atom stereocenters. The van der Waals surface area contributed by atoms with Gasteiger partial charge in [-0.3, -0.25) is 4.79 Å². The summed E-state index contributed by atoms with van der Waals surface area (Å²) in [5, 5.41) is 10.7. The van der Waals surface area contributed by atoms with Gasteiger partial charge in [-0.2, -0.15) is 5.09 Å². The van der Waals surface area contributed by atoms with Gasteiger partial charge in [0.25, 0.3) is 0 Å². The van der Waals surface area contributed by atoms with Crippen molar-refractivity contribution in [2.24, 2.45) is 0 Å². The fourth-order valence-corrected chi connectivity index (χ4v) is 1.79. The fraction of sp³-hybridized carbons (Fsp3) is 0.300. The van der Waals surface area contributed by atoms with Gasteiger partial charge in [-0.05, 0) is 24.1 Å². The molecule has 0 bridgehead atoms. The first-order chi connectivity index (χ1) is 8.52. The van der Waals surface area contributed by atoms with E-state index < -0.39 is 26.7 Å². The molecule has 0 radical (unpaired) electrons. The van der Waals surface area contributed by atoms with Crippen molar-refractivity contribution in [2.45, 2.75) is 12.5 Å². The van der Waals surface area contributed by atoms with Gasteiger partial charge < -0.3 is 9.84 Å². The molecule has 0 aliphatic rings. The number of hydrogen-bond donors (Lipinski definition) is 2. The Morgan fingerprint density at radius 1 is 1.39 bits per heavy atom. The van der Waals surface area contributed by atoms with Crippen molar-refractivity contribution in [1.82, 2.24) is 5.09 Å². The van der Waals surface area contributed by atoms with Crippen molar-refractivity contribution >= 4 is 13.8 Å². The lowest BCUT2D eigenvalue weighted by Gasteiger charge is -2.09. The molecule has 0 saturated carbocycles. The standard InChI is InChI=1S/C10H11FNO5P/c11-6-17-8-3-1-7(2-4-8)5-9(10(13)14)12-18(15)16/h1-4,9H,5-6H2,(H,13,14)(H,12,15,16). The number of carbonyl (C=O) groups is 1. The lowest BCUT2D eigenvalue weighted by atomic mass is 10.1. The van der Waals surface area contributed by atoms with Crippen LogP contribution in [-0.4, -0.2) is 24.0 Å². The molecule has 0 aromatic heterocycles. The van der Waals surface area contributed by atoms with Gasteiger partial charge in [0.05, 0.1) is 0 Å². The van der Waals surface area contributed by atoms with E-state index in [1.54, 1.807) is 12.1 Å². The highest BCUT2D eigenvalue weighted by Gasteiger charge is 2.19. The predicted molar refractivity (Wildman–Crippen MR) is 59.6 cm³/mol. The minimum Gasteiger partial charge on any atom is -0.480 e. The van der Waals surface area contributed by atoms with Crippen LogP contribution in [0, 0.1) is 0 Å². The number of benzene rings is 1. The van der Waals surface area contributed by atoms with Gasteiger partial charge in [0.1, 0.15) is 11.8 Å². The zero-order valence-electron chi connectivity index (χ0n) is 9.21. The molecule has 0 fully saturated rings. The van der Waals surface area contributed by atoms with Crippen molar-refractivity contribution in [2.75, 3.05) is 6.86 Å². The number of alkyl halides is 1. The van der Waals surface area contributed by atoms with Crippen molar-refractivity contribution in [1.29, 1.82) is 0 Å². The molecule has 0 spiro atoms. The summed E-state index contributed by atoms with van der Waals surface area (Å²) in [5.74, 6) is -0.950. The van der Waals surface area contributed by atoms with Crippen molar-refractivity contribution in [3.63, 3.8) is 0 Å². The average Bonchev–Trinajstić information content (AvgIpc) is 2.30. The third-order valence-electron chi connectivity index (χ3n) is 2.14. The predicted octanol–water partition coefficient (Wildman–Crippen LogP) is 1.67. The summed E-state index contributed by atoms with van der Waals surface area (Å²) in [6.45, 7) is -0.949. The molecule has 1 aromatic rings. The van der Waals surface area contributed by atoms with Crippen LogP contribution in [0.4, 0.5) is 4.39 Å². The molecule has 98 valence electrons. The lowest BCUT2D eigenvalue weighted by Crippen LogP contribution is -2.33. The number of nitrogens with one attached hydrogen (secondary N) is 1. The first-order valence-corrected chi connectivity index (χ1v) is 6.11. The minimum absolute atomic E-state index is 0.00541. The number of carboxylic acid groups (broad SMARTS) is 1. The summed E-state index contributed by atoms with van der Waals surface area (Å²) in [4.78, 5) is 10.8. The van der Waals surface area contributed by atoms with Gasteiger partial charge in [-0.1, -0.05) is 12.1 Å². The van der Waals surface area contributed by atoms with Crippen LogP contribution in [0.15, 0.2) is 24.3 Å². The lowest BCUT2D eigenvalue weighted by molar-refractivity contribution is -0.138. The highest BCUT2D eigenvalue weighted by Crippen LogP contribution is 2.14. The van der Waals surface area contributed by atoms with Gasteiger partial charge in [-0.25, -0.2) is 13.5 Å². The molecule has 2 N–H and O–H groups in total.